The van der Waals surface area contributed by atoms with Crippen LogP contribution in [0.1, 0.15) is 58.1 Å². The molecule has 2 fully saturated rings. The van der Waals surface area contributed by atoms with Crippen molar-refractivity contribution in [3.63, 3.8) is 0 Å². The Balaban J connectivity index is 0.860. The van der Waals surface area contributed by atoms with Gasteiger partial charge in [0, 0.05) is 52.5 Å². The highest BCUT2D eigenvalue weighted by Gasteiger charge is 2.44. The molecular formula is C43H52Cl2N10O6. The van der Waals surface area contributed by atoms with Crippen LogP contribution in [0.25, 0.3) is 5.69 Å². The van der Waals surface area contributed by atoms with Crippen LogP contribution in [0.3, 0.4) is 0 Å². The molecule has 4 heterocycles. The standard InChI is InChI=1S/C43H52Cl2N10O6/c1-4-38(29(3)61-41(57)39-6-5-19-53(39)40(56)28(2)46)55-42(58)54(27-51-55)34-12-8-32(9-13-34)48-17-18-49-33-10-14-35(15-11-33)59-22-30-21-43(60-23-30,24-52-26-47-25-50-52)36-16-7-31(44)20-37(36)45/h7-16,20,25-30,38-39,48-49H,4-6,17-19,21-24,46H2,1-3H3/t28-,29-,30+,38-,39-,43-/m0/s1. The summed E-state index contributed by atoms with van der Waals surface area (Å²) < 4.78 is 23.0. The van der Waals surface area contributed by atoms with Gasteiger partial charge in [-0.2, -0.15) is 10.2 Å². The second-order valence-corrected chi connectivity index (χ2v) is 16.5. The lowest BCUT2D eigenvalue weighted by molar-refractivity contribution is -0.159. The fourth-order valence-electron chi connectivity index (χ4n) is 8.13. The number of carbonyl (C=O) groups is 2. The van der Waals surface area contributed by atoms with E-state index < -0.39 is 35.8 Å². The van der Waals surface area contributed by atoms with Gasteiger partial charge in [0.15, 0.2) is 0 Å². The topological polar surface area (TPSA) is 186 Å². The number of anilines is 2. The molecule has 18 heteroatoms. The van der Waals surface area contributed by atoms with E-state index in [9.17, 15) is 14.4 Å². The number of ether oxygens (including phenoxy) is 3. The Labute approximate surface area is 364 Å². The summed E-state index contributed by atoms with van der Waals surface area (Å²) in [5.74, 6) is 0.115. The molecule has 0 saturated carbocycles. The molecule has 0 unspecified atom stereocenters. The fraction of sp³-hybridized carbons (Fsp3) is 0.442. The second-order valence-electron chi connectivity index (χ2n) is 15.7. The predicted molar refractivity (Wildman–Crippen MR) is 232 cm³/mol. The molecule has 2 saturated heterocycles. The molecule has 6 atom stereocenters. The van der Waals surface area contributed by atoms with Crippen LogP contribution in [0.2, 0.25) is 10.0 Å². The monoisotopic (exact) mass is 874 g/mol. The highest BCUT2D eigenvalue weighted by atomic mass is 35.5. The summed E-state index contributed by atoms with van der Waals surface area (Å²) in [6, 6.07) is 18.9. The summed E-state index contributed by atoms with van der Waals surface area (Å²) in [5.41, 5.74) is 8.11. The molecule has 2 aliphatic rings. The molecule has 5 aromatic rings. The molecule has 0 spiro atoms. The van der Waals surface area contributed by atoms with Gasteiger partial charge in [-0.05, 0) is 100 Å². The molecular weight excluding hydrogens is 823 g/mol. The molecule has 3 aromatic carbocycles. The third kappa shape index (κ3) is 10.2. The number of rotatable bonds is 18. The first-order valence-electron chi connectivity index (χ1n) is 20.6. The molecule has 0 radical (unpaired) electrons. The minimum absolute atomic E-state index is 0.127. The van der Waals surface area contributed by atoms with Crippen molar-refractivity contribution in [1.29, 1.82) is 0 Å². The van der Waals surface area contributed by atoms with Crippen LogP contribution in [0, 0.1) is 5.92 Å². The Morgan fingerprint density at radius 3 is 2.38 bits per heavy atom. The number of likely N-dealkylation sites (tertiary alicyclic amines) is 1. The van der Waals surface area contributed by atoms with Gasteiger partial charge in [-0.15, -0.1) is 0 Å². The number of amides is 1. The Morgan fingerprint density at radius 2 is 1.72 bits per heavy atom. The number of nitrogens with two attached hydrogens (primary N) is 1. The SMILES string of the molecule is CC[C@@H]([C@H](C)OC(=O)[C@@H]1CCCN1C(=O)[C@H](C)N)n1ncn(-c2ccc(NCCNc3ccc(OC[C@@H]4CO[C@@](Cn5cncn5)(c5ccc(Cl)cc5Cl)C4)cc3)cc2)c1=O. The van der Waals surface area contributed by atoms with Crippen LogP contribution >= 0.6 is 23.2 Å². The maximum absolute atomic E-state index is 13.5. The van der Waals surface area contributed by atoms with Gasteiger partial charge in [-0.1, -0.05) is 36.2 Å². The lowest BCUT2D eigenvalue weighted by atomic mass is 9.87. The Kier molecular flexibility index (Phi) is 14.0. The largest absolute Gasteiger partial charge is 0.493 e. The van der Waals surface area contributed by atoms with Crippen LogP contribution in [0.4, 0.5) is 11.4 Å². The minimum Gasteiger partial charge on any atom is -0.493 e. The number of nitrogens with zero attached hydrogens (tertiary/aromatic N) is 7. The third-order valence-corrected chi connectivity index (χ3v) is 11.8. The lowest BCUT2D eigenvalue weighted by Crippen LogP contribution is -2.48. The maximum Gasteiger partial charge on any atom is 0.350 e. The average Bonchev–Trinajstić information content (AvgIpc) is 4.09. The molecule has 61 heavy (non-hydrogen) atoms. The first kappa shape index (κ1) is 43.7. The first-order chi connectivity index (χ1) is 29.4. The summed E-state index contributed by atoms with van der Waals surface area (Å²) in [6.45, 7) is 8.48. The van der Waals surface area contributed by atoms with E-state index in [0.717, 1.165) is 22.7 Å². The third-order valence-electron chi connectivity index (χ3n) is 11.3. The quantitative estimate of drug-likeness (QED) is 0.0723. The zero-order valence-corrected chi connectivity index (χ0v) is 36.0. The predicted octanol–water partition coefficient (Wildman–Crippen LogP) is 5.69. The van der Waals surface area contributed by atoms with Gasteiger partial charge < -0.3 is 35.5 Å². The Hall–Kier alpha value is -5.42. The van der Waals surface area contributed by atoms with E-state index in [2.05, 4.69) is 25.8 Å². The zero-order valence-electron chi connectivity index (χ0n) is 34.5. The lowest BCUT2D eigenvalue weighted by Gasteiger charge is -2.30. The van der Waals surface area contributed by atoms with Gasteiger partial charge in [-0.25, -0.2) is 28.5 Å². The van der Waals surface area contributed by atoms with Gasteiger partial charge in [0.05, 0.1) is 37.5 Å². The summed E-state index contributed by atoms with van der Waals surface area (Å²) >= 11 is 12.9. The number of aromatic nitrogens is 6. The number of nitrogens with one attached hydrogen (secondary N) is 2. The summed E-state index contributed by atoms with van der Waals surface area (Å²) in [7, 11) is 0. The molecule has 1 amide bonds. The van der Waals surface area contributed by atoms with Crippen LogP contribution in [0.15, 0.2) is 90.5 Å². The number of hydrogen-bond donors (Lipinski definition) is 3. The molecule has 0 aliphatic carbocycles. The Morgan fingerprint density at radius 1 is 1.00 bits per heavy atom. The van der Waals surface area contributed by atoms with Crippen molar-refractivity contribution in [2.24, 2.45) is 11.7 Å². The number of carbonyl (C=O) groups excluding carboxylic acids is 2. The van der Waals surface area contributed by atoms with Gasteiger partial charge >= 0.3 is 11.7 Å². The van der Waals surface area contributed by atoms with Crippen molar-refractivity contribution in [3.05, 3.63) is 112 Å². The second kappa shape index (κ2) is 19.5. The Bertz CT molecular complexity index is 2300. The van der Waals surface area contributed by atoms with E-state index in [-0.39, 0.29) is 17.5 Å². The summed E-state index contributed by atoms with van der Waals surface area (Å²) in [6.07, 6.45) is 6.38. The van der Waals surface area contributed by atoms with E-state index in [1.54, 1.807) is 30.9 Å². The van der Waals surface area contributed by atoms with Gasteiger partial charge in [0.25, 0.3) is 0 Å². The van der Waals surface area contributed by atoms with E-state index >= 15 is 0 Å². The van der Waals surface area contributed by atoms with E-state index in [1.807, 2.05) is 67.6 Å². The number of halogens is 2. The van der Waals surface area contributed by atoms with Crippen LogP contribution in [-0.4, -0.2) is 96.9 Å². The summed E-state index contributed by atoms with van der Waals surface area (Å²) in [5, 5.41) is 16.6. The van der Waals surface area contributed by atoms with Crippen molar-refractivity contribution in [2.45, 2.75) is 82.8 Å². The summed E-state index contributed by atoms with van der Waals surface area (Å²) in [4.78, 5) is 44.8. The number of benzene rings is 3. The van der Waals surface area contributed by atoms with Crippen molar-refractivity contribution >= 4 is 46.5 Å². The molecule has 4 N–H and O–H groups in total. The zero-order chi connectivity index (χ0) is 43.1. The highest BCUT2D eigenvalue weighted by Crippen LogP contribution is 2.44. The number of hydrogen-bond acceptors (Lipinski definition) is 12. The van der Waals surface area contributed by atoms with Crippen molar-refractivity contribution in [1.82, 2.24) is 34.0 Å². The smallest absolute Gasteiger partial charge is 0.350 e. The van der Waals surface area contributed by atoms with Gasteiger partial charge in [0.1, 0.15) is 42.5 Å². The number of esters is 1. The molecule has 2 aliphatic heterocycles. The minimum atomic E-state index is -0.703. The van der Waals surface area contributed by atoms with Gasteiger partial charge in [-0.3, -0.25) is 4.79 Å². The van der Waals surface area contributed by atoms with Crippen molar-refractivity contribution < 1.29 is 23.8 Å². The fourth-order valence-corrected chi connectivity index (χ4v) is 8.71. The maximum atomic E-state index is 13.5. The van der Waals surface area contributed by atoms with Crippen molar-refractivity contribution in [3.8, 4) is 11.4 Å². The average molecular weight is 876 g/mol. The van der Waals surface area contributed by atoms with Crippen LogP contribution in [0.5, 0.6) is 5.75 Å². The van der Waals surface area contributed by atoms with E-state index in [4.69, 9.17) is 43.1 Å². The molecule has 7 rings (SSSR count). The van der Waals surface area contributed by atoms with Crippen LogP contribution < -0.4 is 26.8 Å². The first-order valence-corrected chi connectivity index (χ1v) is 21.4. The van der Waals surface area contributed by atoms with Gasteiger partial charge in [0.2, 0.25) is 5.91 Å². The molecule has 16 nitrogen and oxygen atoms in total. The van der Waals surface area contributed by atoms with E-state index in [1.165, 1.54) is 26.8 Å². The molecule has 324 valence electrons. The molecule has 2 aromatic heterocycles. The highest BCUT2D eigenvalue weighted by molar-refractivity contribution is 6.35. The van der Waals surface area contributed by atoms with E-state index in [0.29, 0.717) is 80.8 Å². The van der Waals surface area contributed by atoms with Crippen LogP contribution in [-0.2, 0) is 31.2 Å². The van der Waals surface area contributed by atoms with Crippen molar-refractivity contribution in [2.75, 3.05) is 43.5 Å². The molecule has 0 bridgehead atoms. The normalized spacial score (nSPS) is 20.3.